The molecule has 0 aliphatic rings. The molecule has 0 N–H and O–H groups in total. The number of rotatable bonds is 2. The highest BCUT2D eigenvalue weighted by Crippen LogP contribution is 2.25. The van der Waals surface area contributed by atoms with Gasteiger partial charge in [-0.3, -0.25) is 0 Å². The topological polar surface area (TPSA) is 0 Å². The molecule has 0 heterocycles. The predicted octanol–water partition coefficient (Wildman–Crippen LogP) is 3.37. The van der Waals surface area contributed by atoms with Gasteiger partial charge in [-0.15, -0.1) is 0 Å². The van der Waals surface area contributed by atoms with E-state index in [1.807, 2.05) is 0 Å². The van der Waals surface area contributed by atoms with Gasteiger partial charge in [0.05, 0.1) is 0 Å². The van der Waals surface area contributed by atoms with E-state index in [1.165, 1.54) is 0 Å². The van der Waals surface area contributed by atoms with Crippen LogP contribution < -0.4 is 0 Å². The molecule has 0 nitrogen and oxygen atoms in total. The van der Waals surface area contributed by atoms with E-state index in [0.717, 1.165) is 0 Å². The summed E-state index contributed by atoms with van der Waals surface area (Å²) >= 11 is 0. The Hall–Kier alpha value is -1.13. The maximum absolute atomic E-state index is 12.4. The summed E-state index contributed by atoms with van der Waals surface area (Å²) in [5, 5.41) is 0. The van der Waals surface area contributed by atoms with E-state index in [9.17, 15) is 22.0 Å². The summed E-state index contributed by atoms with van der Waals surface area (Å²) < 4.78 is 61.0. The van der Waals surface area contributed by atoms with Crippen molar-refractivity contribution in [2.75, 3.05) is 0 Å². The molecule has 0 spiro atoms. The van der Waals surface area contributed by atoms with Gasteiger partial charge < -0.3 is 0 Å². The molecule has 0 aliphatic heterocycles. The van der Waals surface area contributed by atoms with Crippen molar-refractivity contribution < 1.29 is 22.0 Å². The van der Waals surface area contributed by atoms with Crippen molar-refractivity contribution in [1.82, 2.24) is 0 Å². The molecule has 1 aromatic carbocycles. The van der Waals surface area contributed by atoms with E-state index in [4.69, 9.17) is 0 Å². The summed E-state index contributed by atoms with van der Waals surface area (Å²) in [4.78, 5) is 0. The molecule has 0 aliphatic carbocycles. The minimum Gasteiger partial charge on any atom is -0.246 e. The standard InChI is InChI=1S/C8H5F5/c9-3-4-1-6(10)7(11)2-5(4)8(12)13/h1-2,8H,3H2. The van der Waals surface area contributed by atoms with Gasteiger partial charge in [0.1, 0.15) is 6.67 Å². The van der Waals surface area contributed by atoms with Crippen molar-refractivity contribution in [2.45, 2.75) is 13.1 Å². The summed E-state index contributed by atoms with van der Waals surface area (Å²) in [5.41, 5.74) is -1.32. The van der Waals surface area contributed by atoms with E-state index >= 15 is 0 Å². The molecule has 0 amide bonds. The molecule has 0 aromatic heterocycles. The number of alkyl halides is 3. The maximum Gasteiger partial charge on any atom is 0.264 e. The van der Waals surface area contributed by atoms with Crippen LogP contribution in [-0.2, 0) is 6.67 Å². The lowest BCUT2D eigenvalue weighted by molar-refractivity contribution is 0.148. The molecule has 1 rings (SSSR count). The third-order valence-corrected chi connectivity index (χ3v) is 1.56. The molecule has 0 unspecified atom stereocenters. The molecule has 0 saturated heterocycles. The van der Waals surface area contributed by atoms with Gasteiger partial charge in [0.15, 0.2) is 11.6 Å². The molecule has 0 fully saturated rings. The fourth-order valence-electron chi connectivity index (χ4n) is 0.922. The van der Waals surface area contributed by atoms with Crippen LogP contribution in [0.5, 0.6) is 0 Å². The molecule has 1 aromatic rings. The lowest BCUT2D eigenvalue weighted by Gasteiger charge is -2.05. The van der Waals surface area contributed by atoms with Crippen LogP contribution in [-0.4, -0.2) is 0 Å². The molecular formula is C8H5F5. The first-order valence-corrected chi connectivity index (χ1v) is 3.38. The summed E-state index contributed by atoms with van der Waals surface area (Å²) in [6.07, 6.45) is -3.00. The summed E-state index contributed by atoms with van der Waals surface area (Å²) in [6.45, 7) is -1.24. The second-order valence-electron chi connectivity index (χ2n) is 2.40. The molecule has 72 valence electrons. The van der Waals surface area contributed by atoms with Crippen LogP contribution in [0.2, 0.25) is 0 Å². The van der Waals surface area contributed by atoms with Gasteiger partial charge in [-0.1, -0.05) is 0 Å². The Morgan fingerprint density at radius 2 is 1.62 bits per heavy atom. The van der Waals surface area contributed by atoms with Gasteiger partial charge in [-0.05, 0) is 17.7 Å². The maximum atomic E-state index is 12.4. The first-order valence-electron chi connectivity index (χ1n) is 3.38. The van der Waals surface area contributed by atoms with Gasteiger partial charge >= 0.3 is 0 Å². The van der Waals surface area contributed by atoms with Crippen molar-refractivity contribution in [3.63, 3.8) is 0 Å². The van der Waals surface area contributed by atoms with Gasteiger partial charge in [0.2, 0.25) is 0 Å². The highest BCUT2D eigenvalue weighted by Gasteiger charge is 2.16. The molecular weight excluding hydrogens is 191 g/mol. The second-order valence-corrected chi connectivity index (χ2v) is 2.40. The van der Waals surface area contributed by atoms with Crippen molar-refractivity contribution >= 4 is 0 Å². The third kappa shape index (κ3) is 1.96. The Kier molecular flexibility index (Phi) is 2.85. The molecule has 0 saturated carbocycles. The Morgan fingerprint density at radius 1 is 1.08 bits per heavy atom. The van der Waals surface area contributed by atoms with Crippen molar-refractivity contribution in [3.8, 4) is 0 Å². The zero-order chi connectivity index (χ0) is 10.0. The Labute approximate surface area is 71.0 Å². The Balaban J connectivity index is 3.25. The SMILES string of the molecule is FCc1cc(F)c(F)cc1C(F)F. The van der Waals surface area contributed by atoms with Crippen molar-refractivity contribution in [3.05, 3.63) is 34.9 Å². The molecule has 0 radical (unpaired) electrons. The normalized spacial score (nSPS) is 10.9. The molecule has 0 bridgehead atoms. The van der Waals surface area contributed by atoms with Crippen LogP contribution in [0.25, 0.3) is 0 Å². The Bertz CT molecular complexity index is 308. The number of benzene rings is 1. The lowest BCUT2D eigenvalue weighted by Crippen LogP contribution is -1.97. The minimum atomic E-state index is -3.00. The van der Waals surface area contributed by atoms with Crippen LogP contribution in [0.1, 0.15) is 17.6 Å². The first kappa shape index (κ1) is 9.95. The number of hydrogen-bond acceptors (Lipinski definition) is 0. The third-order valence-electron chi connectivity index (χ3n) is 1.56. The van der Waals surface area contributed by atoms with Crippen LogP contribution in [0.3, 0.4) is 0 Å². The van der Waals surface area contributed by atoms with Crippen molar-refractivity contribution in [2.24, 2.45) is 0 Å². The smallest absolute Gasteiger partial charge is 0.246 e. The van der Waals surface area contributed by atoms with E-state index in [0.29, 0.717) is 12.1 Å². The average Bonchev–Trinajstić information content (AvgIpc) is 2.08. The van der Waals surface area contributed by atoms with E-state index < -0.39 is 35.9 Å². The second kappa shape index (κ2) is 3.72. The van der Waals surface area contributed by atoms with Crippen molar-refractivity contribution in [1.29, 1.82) is 0 Å². The van der Waals surface area contributed by atoms with E-state index in [-0.39, 0.29) is 0 Å². The van der Waals surface area contributed by atoms with Crippen LogP contribution in [0.4, 0.5) is 22.0 Å². The molecule has 13 heavy (non-hydrogen) atoms. The number of halogens is 5. The molecule has 5 heteroatoms. The summed E-state index contributed by atoms with van der Waals surface area (Å²) in [5.74, 6) is -2.72. The average molecular weight is 196 g/mol. The molecule has 0 atom stereocenters. The Morgan fingerprint density at radius 3 is 2.08 bits per heavy atom. The fourth-order valence-corrected chi connectivity index (χ4v) is 0.922. The number of hydrogen-bond donors (Lipinski definition) is 0. The quantitative estimate of drug-likeness (QED) is 0.636. The van der Waals surface area contributed by atoms with Crippen LogP contribution in [0.15, 0.2) is 12.1 Å². The van der Waals surface area contributed by atoms with Gasteiger partial charge in [-0.2, -0.15) is 0 Å². The first-order chi connectivity index (χ1) is 6.06. The predicted molar refractivity (Wildman–Crippen MR) is 36.1 cm³/mol. The van der Waals surface area contributed by atoms with Gasteiger partial charge in [0.25, 0.3) is 6.43 Å². The summed E-state index contributed by atoms with van der Waals surface area (Å²) in [6, 6.07) is 0.756. The van der Waals surface area contributed by atoms with Crippen LogP contribution >= 0.6 is 0 Å². The summed E-state index contributed by atoms with van der Waals surface area (Å²) in [7, 11) is 0. The fraction of sp³-hybridized carbons (Fsp3) is 0.250. The highest BCUT2D eigenvalue weighted by atomic mass is 19.3. The largest absolute Gasteiger partial charge is 0.264 e. The monoisotopic (exact) mass is 196 g/mol. The highest BCUT2D eigenvalue weighted by molar-refractivity contribution is 5.29. The van der Waals surface area contributed by atoms with Gasteiger partial charge in [-0.25, -0.2) is 22.0 Å². The van der Waals surface area contributed by atoms with E-state index in [1.54, 1.807) is 0 Å². The zero-order valence-electron chi connectivity index (χ0n) is 6.33. The minimum absolute atomic E-state index is 0.314. The van der Waals surface area contributed by atoms with E-state index in [2.05, 4.69) is 0 Å². The van der Waals surface area contributed by atoms with Gasteiger partial charge in [0, 0.05) is 5.56 Å². The zero-order valence-corrected chi connectivity index (χ0v) is 6.33. The lowest BCUT2D eigenvalue weighted by atomic mass is 10.1. The van der Waals surface area contributed by atoms with Crippen LogP contribution in [0, 0.1) is 11.6 Å².